The van der Waals surface area contributed by atoms with E-state index < -0.39 is 17.6 Å². The second-order valence-electron chi connectivity index (χ2n) is 6.63. The van der Waals surface area contributed by atoms with Crippen molar-refractivity contribution in [3.8, 4) is 0 Å². The first-order valence-electron chi connectivity index (χ1n) is 8.54. The number of aryl methyl sites for hydroxylation is 3. The van der Waals surface area contributed by atoms with Gasteiger partial charge in [0.2, 0.25) is 0 Å². The van der Waals surface area contributed by atoms with Gasteiger partial charge in [0.05, 0.1) is 22.6 Å². The van der Waals surface area contributed by atoms with Crippen LogP contribution in [0.1, 0.15) is 22.4 Å². The maximum Gasteiger partial charge on any atom is 0.417 e. The van der Waals surface area contributed by atoms with Crippen LogP contribution in [0.4, 0.5) is 34.6 Å². The van der Waals surface area contributed by atoms with E-state index in [0.29, 0.717) is 35.6 Å². The number of aromatic nitrogens is 1. The predicted octanol–water partition coefficient (Wildman–Crippen LogP) is 6.12. The molecule has 1 aliphatic heterocycles. The van der Waals surface area contributed by atoms with Crippen LogP contribution in [0.25, 0.3) is 0 Å². The second kappa shape index (κ2) is 6.37. The zero-order chi connectivity index (χ0) is 19.2. The Morgan fingerprint density at radius 1 is 0.926 bits per heavy atom. The highest BCUT2D eigenvalue weighted by Gasteiger charge is 2.33. The van der Waals surface area contributed by atoms with Gasteiger partial charge in [-0.15, -0.1) is 0 Å². The fraction of sp³-hybridized carbons (Fsp3) is 0.190. The monoisotopic (exact) mass is 372 g/mol. The molecular weight excluding hydrogens is 356 g/mol. The highest BCUT2D eigenvalue weighted by atomic mass is 19.4. The Morgan fingerprint density at radius 2 is 1.67 bits per heavy atom. The fourth-order valence-electron chi connectivity index (χ4n) is 3.33. The largest absolute Gasteiger partial charge is 0.417 e. The summed E-state index contributed by atoms with van der Waals surface area (Å²) < 4.78 is 53.9. The standard InChI is InChI=1S/C21H16F4N2/c1-13-2-7-17(8-3-13)27-19-11-16(22)6-4-14(19)5-9-18-20(27)10-15(12-26-18)21(23,24)25/h2-4,6-8,10-12H,5,9H2,1H3. The van der Waals surface area contributed by atoms with Crippen LogP contribution in [0.3, 0.4) is 0 Å². The maximum atomic E-state index is 14.0. The summed E-state index contributed by atoms with van der Waals surface area (Å²) in [6.07, 6.45) is -2.58. The summed E-state index contributed by atoms with van der Waals surface area (Å²) in [6.45, 7) is 1.93. The summed E-state index contributed by atoms with van der Waals surface area (Å²) in [6, 6.07) is 12.9. The Labute approximate surface area is 154 Å². The lowest BCUT2D eigenvalue weighted by Gasteiger charge is -2.27. The number of nitrogens with zero attached hydrogens (tertiary/aromatic N) is 2. The van der Waals surface area contributed by atoms with Gasteiger partial charge < -0.3 is 4.90 Å². The molecule has 0 amide bonds. The molecule has 0 aliphatic carbocycles. The number of hydrogen-bond donors (Lipinski definition) is 0. The second-order valence-corrected chi connectivity index (χ2v) is 6.63. The van der Waals surface area contributed by atoms with Crippen LogP contribution in [0.5, 0.6) is 0 Å². The molecule has 2 aromatic carbocycles. The summed E-state index contributed by atoms with van der Waals surface area (Å²) in [4.78, 5) is 5.76. The van der Waals surface area contributed by atoms with Crippen LogP contribution in [-0.2, 0) is 19.0 Å². The molecule has 1 aliphatic rings. The van der Waals surface area contributed by atoms with Crippen LogP contribution in [0, 0.1) is 12.7 Å². The number of rotatable bonds is 1. The molecule has 27 heavy (non-hydrogen) atoms. The van der Waals surface area contributed by atoms with Crippen molar-refractivity contribution in [2.75, 3.05) is 4.90 Å². The van der Waals surface area contributed by atoms with E-state index in [1.807, 2.05) is 31.2 Å². The van der Waals surface area contributed by atoms with E-state index in [1.54, 1.807) is 11.0 Å². The van der Waals surface area contributed by atoms with Crippen molar-refractivity contribution < 1.29 is 17.6 Å². The van der Waals surface area contributed by atoms with Gasteiger partial charge in [0.15, 0.2) is 0 Å². The van der Waals surface area contributed by atoms with Gasteiger partial charge in [-0.05, 0) is 55.7 Å². The first-order chi connectivity index (χ1) is 12.8. The lowest BCUT2D eigenvalue weighted by atomic mass is 10.1. The van der Waals surface area contributed by atoms with E-state index >= 15 is 0 Å². The van der Waals surface area contributed by atoms with Gasteiger partial charge in [0, 0.05) is 11.9 Å². The predicted molar refractivity (Wildman–Crippen MR) is 96.0 cm³/mol. The van der Waals surface area contributed by atoms with Gasteiger partial charge in [0.1, 0.15) is 5.82 Å². The van der Waals surface area contributed by atoms with E-state index in [2.05, 4.69) is 4.98 Å². The number of hydrogen-bond acceptors (Lipinski definition) is 2. The molecule has 0 fully saturated rings. The summed E-state index contributed by atoms with van der Waals surface area (Å²) in [7, 11) is 0. The molecule has 0 unspecified atom stereocenters. The topological polar surface area (TPSA) is 16.1 Å². The van der Waals surface area contributed by atoms with Crippen molar-refractivity contribution >= 4 is 17.1 Å². The van der Waals surface area contributed by atoms with Crippen LogP contribution < -0.4 is 4.90 Å². The average Bonchev–Trinajstić information content (AvgIpc) is 2.78. The molecule has 2 heterocycles. The van der Waals surface area contributed by atoms with E-state index in [-0.39, 0.29) is 0 Å². The first kappa shape index (κ1) is 17.5. The van der Waals surface area contributed by atoms with Crippen LogP contribution in [0.2, 0.25) is 0 Å². The minimum absolute atomic E-state index is 0.332. The van der Waals surface area contributed by atoms with Crippen molar-refractivity contribution in [2.45, 2.75) is 25.9 Å². The quantitative estimate of drug-likeness (QED) is 0.479. The number of halogens is 4. The van der Waals surface area contributed by atoms with Gasteiger partial charge in [-0.1, -0.05) is 23.8 Å². The molecule has 0 saturated carbocycles. The zero-order valence-corrected chi connectivity index (χ0v) is 14.5. The molecule has 0 saturated heterocycles. The molecular formula is C21H16F4N2. The molecule has 0 spiro atoms. The molecule has 2 nitrogen and oxygen atoms in total. The minimum Gasteiger partial charge on any atom is -0.308 e. The SMILES string of the molecule is Cc1ccc(N2c3cc(F)ccc3CCc3ncc(C(F)(F)F)cc32)cc1. The highest BCUT2D eigenvalue weighted by Crippen LogP contribution is 2.43. The van der Waals surface area contributed by atoms with E-state index in [4.69, 9.17) is 0 Å². The van der Waals surface area contributed by atoms with Gasteiger partial charge in [-0.2, -0.15) is 13.2 Å². The van der Waals surface area contributed by atoms with Crippen molar-refractivity contribution in [1.82, 2.24) is 4.98 Å². The Hall–Kier alpha value is -2.89. The third kappa shape index (κ3) is 3.27. The summed E-state index contributed by atoms with van der Waals surface area (Å²) >= 11 is 0. The van der Waals surface area contributed by atoms with Crippen molar-refractivity contribution in [3.05, 3.63) is 82.9 Å². The third-order valence-corrected chi connectivity index (χ3v) is 4.73. The smallest absolute Gasteiger partial charge is 0.308 e. The normalized spacial score (nSPS) is 13.7. The van der Waals surface area contributed by atoms with Gasteiger partial charge in [0.25, 0.3) is 0 Å². The van der Waals surface area contributed by atoms with Crippen molar-refractivity contribution in [2.24, 2.45) is 0 Å². The Bertz CT molecular complexity index is 994. The molecule has 0 atom stereocenters. The molecule has 0 radical (unpaired) electrons. The van der Waals surface area contributed by atoms with Gasteiger partial charge in [-0.3, -0.25) is 4.98 Å². The number of fused-ring (bicyclic) bond motifs is 2. The fourth-order valence-corrected chi connectivity index (χ4v) is 3.33. The van der Waals surface area contributed by atoms with E-state index in [1.165, 1.54) is 12.1 Å². The molecule has 138 valence electrons. The van der Waals surface area contributed by atoms with Crippen LogP contribution in [-0.4, -0.2) is 4.98 Å². The number of alkyl halides is 3. The first-order valence-corrected chi connectivity index (χ1v) is 8.54. The lowest BCUT2D eigenvalue weighted by molar-refractivity contribution is -0.137. The molecule has 0 N–H and O–H groups in total. The van der Waals surface area contributed by atoms with E-state index in [0.717, 1.165) is 23.4 Å². The average molecular weight is 372 g/mol. The van der Waals surface area contributed by atoms with Crippen molar-refractivity contribution in [3.63, 3.8) is 0 Å². The molecule has 3 aromatic rings. The van der Waals surface area contributed by atoms with E-state index in [9.17, 15) is 17.6 Å². The van der Waals surface area contributed by atoms with Gasteiger partial charge >= 0.3 is 6.18 Å². The zero-order valence-electron chi connectivity index (χ0n) is 14.5. The van der Waals surface area contributed by atoms with Crippen LogP contribution >= 0.6 is 0 Å². The Morgan fingerprint density at radius 3 is 2.37 bits per heavy atom. The summed E-state index contributed by atoms with van der Waals surface area (Å²) in [5.41, 5.74) is 3.16. The molecule has 6 heteroatoms. The Balaban J connectivity index is 1.99. The number of benzene rings is 2. The Kier molecular flexibility index (Phi) is 4.13. The molecule has 1 aromatic heterocycles. The summed E-state index contributed by atoms with van der Waals surface area (Å²) in [5, 5.41) is 0. The maximum absolute atomic E-state index is 14.0. The molecule has 4 rings (SSSR count). The lowest BCUT2D eigenvalue weighted by Crippen LogP contribution is -2.15. The number of pyridine rings is 1. The van der Waals surface area contributed by atoms with Crippen molar-refractivity contribution in [1.29, 1.82) is 0 Å². The van der Waals surface area contributed by atoms with Crippen LogP contribution in [0.15, 0.2) is 54.7 Å². The molecule has 0 bridgehead atoms. The number of anilines is 3. The summed E-state index contributed by atoms with van der Waals surface area (Å²) in [5.74, 6) is -0.436. The van der Waals surface area contributed by atoms with Gasteiger partial charge in [-0.25, -0.2) is 4.39 Å². The minimum atomic E-state index is -4.50. The third-order valence-electron chi connectivity index (χ3n) is 4.73. The highest BCUT2D eigenvalue weighted by molar-refractivity contribution is 5.81.